The van der Waals surface area contributed by atoms with Crippen molar-refractivity contribution in [3.8, 4) is 5.75 Å². The Bertz CT molecular complexity index is 748. The van der Waals surface area contributed by atoms with Crippen molar-refractivity contribution in [2.45, 2.75) is 19.2 Å². The molecule has 26 heavy (non-hydrogen) atoms. The number of carboxylic acid groups (broad SMARTS) is 2. The van der Waals surface area contributed by atoms with E-state index in [0.29, 0.717) is 0 Å². The van der Waals surface area contributed by atoms with Gasteiger partial charge in [-0.3, -0.25) is 9.59 Å². The largest absolute Gasteiger partial charge is 0.487 e. The first-order chi connectivity index (χ1) is 12.2. The normalized spacial score (nSPS) is 10.5. The topological polar surface area (TPSA) is 83.8 Å². The number of carbonyl (C=O) groups is 2. The summed E-state index contributed by atoms with van der Waals surface area (Å²) < 4.78 is 44.6. The quantitative estimate of drug-likeness (QED) is 0.745. The molecule has 2 aromatic rings. The Hall–Kier alpha value is -2.74. The Kier molecular flexibility index (Phi) is 7.92. The number of hydrogen-bond acceptors (Lipinski definition) is 3. The fourth-order valence-corrected chi connectivity index (χ4v) is 2.31. The third-order valence-corrected chi connectivity index (χ3v) is 3.37. The van der Waals surface area contributed by atoms with E-state index in [9.17, 15) is 18.0 Å². The minimum absolute atomic E-state index is 0.0194. The van der Waals surface area contributed by atoms with Crippen LogP contribution in [0.4, 0.5) is 13.2 Å². The van der Waals surface area contributed by atoms with Crippen LogP contribution in [0.3, 0.4) is 0 Å². The number of carboxylic acids is 1. The van der Waals surface area contributed by atoms with Gasteiger partial charge in [0.1, 0.15) is 12.4 Å². The van der Waals surface area contributed by atoms with Crippen LogP contribution >= 0.6 is 11.6 Å². The zero-order valence-corrected chi connectivity index (χ0v) is 13.9. The maximum atomic E-state index is 13.1. The van der Waals surface area contributed by atoms with Crippen LogP contribution in [0.1, 0.15) is 16.7 Å². The minimum atomic E-state index is -4.69. The molecule has 0 atom stereocenters. The Labute approximate surface area is 151 Å². The summed E-state index contributed by atoms with van der Waals surface area (Å²) in [5.74, 6) is -1.66. The van der Waals surface area contributed by atoms with Gasteiger partial charge < -0.3 is 14.9 Å². The summed E-state index contributed by atoms with van der Waals surface area (Å²) in [5, 5.41) is 15.7. The smallest absolute Gasteiger partial charge is 0.416 e. The highest BCUT2D eigenvalue weighted by Gasteiger charge is 2.36. The molecule has 0 heterocycles. The summed E-state index contributed by atoms with van der Waals surface area (Å²) in [6, 6.07) is 10.6. The maximum absolute atomic E-state index is 13.1. The van der Waals surface area contributed by atoms with Gasteiger partial charge in [-0.1, -0.05) is 41.9 Å². The third-order valence-electron chi connectivity index (χ3n) is 3.07. The minimum Gasteiger partial charge on any atom is -0.487 e. The van der Waals surface area contributed by atoms with Gasteiger partial charge in [-0.25, -0.2) is 0 Å². The molecule has 2 rings (SSSR count). The molecule has 0 saturated carbocycles. The summed E-state index contributed by atoms with van der Waals surface area (Å²) in [6.07, 6.45) is -5.53. The molecule has 0 unspecified atom stereocenters. The first kappa shape index (κ1) is 21.3. The van der Waals surface area contributed by atoms with Gasteiger partial charge in [-0.15, -0.1) is 0 Å². The van der Waals surface area contributed by atoms with Crippen molar-refractivity contribution in [1.82, 2.24) is 0 Å². The SMILES string of the molecule is O=C(O)Cc1c(C(F)(F)F)ccc(Cl)c1OCc1ccccc1.O=CO. The van der Waals surface area contributed by atoms with E-state index in [2.05, 4.69) is 0 Å². The summed E-state index contributed by atoms with van der Waals surface area (Å²) in [6.45, 7) is -0.269. The van der Waals surface area contributed by atoms with Crippen LogP contribution in [-0.2, 0) is 28.8 Å². The Balaban J connectivity index is 0.00000105. The average Bonchev–Trinajstić information content (AvgIpc) is 2.54. The Morgan fingerprint density at radius 3 is 2.23 bits per heavy atom. The van der Waals surface area contributed by atoms with Gasteiger partial charge in [0.05, 0.1) is 17.0 Å². The Morgan fingerprint density at radius 1 is 1.15 bits per heavy atom. The molecular formula is C17H14ClF3O5. The van der Waals surface area contributed by atoms with E-state index in [4.69, 9.17) is 31.3 Å². The van der Waals surface area contributed by atoms with Gasteiger partial charge in [0.15, 0.2) is 0 Å². The fourth-order valence-electron chi connectivity index (χ4n) is 2.08. The van der Waals surface area contributed by atoms with E-state index in [1.165, 1.54) is 0 Å². The summed E-state index contributed by atoms with van der Waals surface area (Å²) in [5.41, 5.74) is -0.817. The number of halogens is 4. The summed E-state index contributed by atoms with van der Waals surface area (Å²) in [7, 11) is 0. The zero-order chi connectivity index (χ0) is 19.7. The predicted molar refractivity (Wildman–Crippen MR) is 87.3 cm³/mol. The molecule has 5 nitrogen and oxygen atoms in total. The molecular weight excluding hydrogens is 377 g/mol. The van der Waals surface area contributed by atoms with E-state index < -0.39 is 29.7 Å². The molecule has 140 valence electrons. The molecule has 0 spiro atoms. The highest BCUT2D eigenvalue weighted by molar-refractivity contribution is 6.32. The van der Waals surface area contributed by atoms with Crippen molar-refractivity contribution in [1.29, 1.82) is 0 Å². The van der Waals surface area contributed by atoms with Crippen molar-refractivity contribution in [3.05, 3.63) is 64.2 Å². The number of rotatable bonds is 5. The van der Waals surface area contributed by atoms with Crippen molar-refractivity contribution in [2.75, 3.05) is 0 Å². The van der Waals surface area contributed by atoms with Crippen molar-refractivity contribution in [2.24, 2.45) is 0 Å². The third kappa shape index (κ3) is 6.29. The van der Waals surface area contributed by atoms with E-state index in [1.54, 1.807) is 30.3 Å². The molecule has 0 aliphatic heterocycles. The van der Waals surface area contributed by atoms with E-state index >= 15 is 0 Å². The van der Waals surface area contributed by atoms with Gasteiger partial charge in [-0.2, -0.15) is 13.2 Å². The van der Waals surface area contributed by atoms with Crippen molar-refractivity contribution < 1.29 is 37.7 Å². The molecule has 0 bridgehead atoms. The summed E-state index contributed by atoms with van der Waals surface area (Å²) in [4.78, 5) is 19.3. The van der Waals surface area contributed by atoms with Gasteiger partial charge in [0, 0.05) is 5.56 Å². The molecule has 0 fully saturated rings. The number of ether oxygens (including phenoxy) is 1. The first-order valence-corrected chi connectivity index (χ1v) is 7.43. The lowest BCUT2D eigenvalue weighted by atomic mass is 10.0. The highest BCUT2D eigenvalue weighted by Crippen LogP contribution is 2.40. The van der Waals surface area contributed by atoms with Crippen molar-refractivity contribution >= 4 is 24.0 Å². The molecule has 0 amide bonds. The molecule has 0 radical (unpaired) electrons. The molecule has 0 aliphatic carbocycles. The van der Waals surface area contributed by atoms with Crippen LogP contribution in [0.15, 0.2) is 42.5 Å². The second-order valence-electron chi connectivity index (χ2n) is 4.85. The molecule has 2 N–H and O–H groups in total. The van der Waals surface area contributed by atoms with Crippen LogP contribution in [0.2, 0.25) is 5.02 Å². The zero-order valence-electron chi connectivity index (χ0n) is 13.2. The molecule has 9 heteroatoms. The monoisotopic (exact) mass is 390 g/mol. The molecule has 0 aromatic heterocycles. The van der Waals surface area contributed by atoms with Crippen LogP contribution in [-0.4, -0.2) is 22.7 Å². The van der Waals surface area contributed by atoms with Gasteiger partial charge in [-0.05, 0) is 17.7 Å². The average molecular weight is 391 g/mol. The Morgan fingerprint density at radius 2 is 1.73 bits per heavy atom. The maximum Gasteiger partial charge on any atom is 0.416 e. The van der Waals surface area contributed by atoms with E-state index in [-0.39, 0.29) is 23.9 Å². The lowest BCUT2D eigenvalue weighted by Gasteiger charge is -2.18. The van der Waals surface area contributed by atoms with Crippen LogP contribution in [0.25, 0.3) is 0 Å². The lowest BCUT2D eigenvalue weighted by molar-refractivity contribution is -0.140. The van der Waals surface area contributed by atoms with Crippen LogP contribution in [0.5, 0.6) is 5.75 Å². The number of hydrogen-bond donors (Lipinski definition) is 2. The van der Waals surface area contributed by atoms with Gasteiger partial charge in [0.25, 0.3) is 6.47 Å². The lowest BCUT2D eigenvalue weighted by Crippen LogP contribution is -2.14. The van der Waals surface area contributed by atoms with Gasteiger partial charge in [0.2, 0.25) is 0 Å². The number of benzene rings is 2. The molecule has 2 aromatic carbocycles. The fraction of sp³-hybridized carbons (Fsp3) is 0.176. The molecule has 0 aliphatic rings. The highest BCUT2D eigenvalue weighted by atomic mass is 35.5. The summed E-state index contributed by atoms with van der Waals surface area (Å²) >= 11 is 5.92. The molecule has 0 saturated heterocycles. The van der Waals surface area contributed by atoms with Gasteiger partial charge >= 0.3 is 12.1 Å². The number of alkyl halides is 3. The second kappa shape index (κ2) is 9.67. The van der Waals surface area contributed by atoms with Crippen LogP contribution in [0, 0.1) is 0 Å². The van der Waals surface area contributed by atoms with Crippen molar-refractivity contribution in [3.63, 3.8) is 0 Å². The predicted octanol–water partition coefficient (Wildman–Crippen LogP) is 4.27. The first-order valence-electron chi connectivity index (χ1n) is 7.05. The van der Waals surface area contributed by atoms with E-state index in [1.807, 2.05) is 0 Å². The van der Waals surface area contributed by atoms with E-state index in [0.717, 1.165) is 17.7 Å². The van der Waals surface area contributed by atoms with Crippen LogP contribution < -0.4 is 4.74 Å². The number of aliphatic carboxylic acids is 1. The second-order valence-corrected chi connectivity index (χ2v) is 5.26. The standard InChI is InChI=1S/C16H12ClF3O3.CH2O2/c17-13-7-6-12(16(18,19)20)11(8-14(21)22)15(13)23-9-10-4-2-1-3-5-10;2-1-3/h1-7H,8-9H2,(H,21,22);1H,(H,2,3).